The number of nitriles is 1. The molecule has 6 heteroatoms. The number of rotatable bonds is 8. The molecule has 0 amide bonds. The fraction of sp³-hybridized carbons (Fsp3) is 0.414. The van der Waals surface area contributed by atoms with Crippen LogP contribution in [0.25, 0.3) is 10.9 Å². The van der Waals surface area contributed by atoms with E-state index < -0.39 is 0 Å². The van der Waals surface area contributed by atoms with E-state index in [1.165, 1.54) is 12.8 Å². The van der Waals surface area contributed by atoms with Crippen molar-refractivity contribution in [1.29, 1.82) is 5.26 Å². The van der Waals surface area contributed by atoms with Crippen molar-refractivity contribution in [3.05, 3.63) is 70.4 Å². The summed E-state index contributed by atoms with van der Waals surface area (Å²) in [6, 6.07) is 16.2. The van der Waals surface area contributed by atoms with E-state index in [0.717, 1.165) is 48.8 Å². The van der Waals surface area contributed by atoms with Crippen LogP contribution in [-0.4, -0.2) is 39.7 Å². The van der Waals surface area contributed by atoms with Crippen LogP contribution in [0.15, 0.2) is 48.7 Å². The molecule has 2 aliphatic heterocycles. The number of hydrogen-bond donors (Lipinski definition) is 0. The van der Waals surface area contributed by atoms with Gasteiger partial charge in [-0.3, -0.25) is 14.5 Å². The van der Waals surface area contributed by atoms with E-state index in [2.05, 4.69) is 15.5 Å². The number of benzene rings is 2. The monoisotopic (exact) mass is 487 g/mol. The van der Waals surface area contributed by atoms with Gasteiger partial charge in [-0.05, 0) is 75.3 Å². The Labute approximate surface area is 211 Å². The second-order valence-electron chi connectivity index (χ2n) is 10.1. The van der Waals surface area contributed by atoms with Gasteiger partial charge in [-0.25, -0.2) is 0 Å². The maximum atomic E-state index is 12.8. The summed E-state index contributed by atoms with van der Waals surface area (Å²) in [6.07, 6.45) is 8.05. The third-order valence-electron chi connectivity index (χ3n) is 7.84. The Balaban J connectivity index is 1.21. The molecule has 2 atom stereocenters. The number of piperidine rings is 1. The molecule has 5 nitrogen and oxygen atoms in total. The van der Waals surface area contributed by atoms with Crippen molar-refractivity contribution in [3.63, 3.8) is 0 Å². The van der Waals surface area contributed by atoms with Crippen molar-refractivity contribution < 1.29 is 9.59 Å². The van der Waals surface area contributed by atoms with Crippen LogP contribution in [0.2, 0.25) is 5.02 Å². The van der Waals surface area contributed by atoms with Gasteiger partial charge in [0.25, 0.3) is 0 Å². The Bertz CT molecular complexity index is 1290. The summed E-state index contributed by atoms with van der Waals surface area (Å²) >= 11 is 5.96. The first-order valence-electron chi connectivity index (χ1n) is 12.5. The van der Waals surface area contributed by atoms with Crippen LogP contribution in [0.5, 0.6) is 0 Å². The molecule has 3 heterocycles. The maximum Gasteiger partial charge on any atom is 0.163 e. The minimum atomic E-state index is 0.0251. The molecule has 3 aromatic rings. The summed E-state index contributed by atoms with van der Waals surface area (Å²) in [5.74, 6) is 0.683. The summed E-state index contributed by atoms with van der Waals surface area (Å²) in [6.45, 7) is 3.35. The van der Waals surface area contributed by atoms with Gasteiger partial charge in [-0.1, -0.05) is 23.7 Å². The van der Waals surface area contributed by atoms with Crippen LogP contribution in [0.4, 0.5) is 0 Å². The summed E-state index contributed by atoms with van der Waals surface area (Å²) in [7, 11) is 0. The fourth-order valence-corrected chi connectivity index (χ4v) is 6.39. The highest BCUT2D eigenvalue weighted by atomic mass is 35.5. The number of aryl methyl sites for hydroxylation is 1. The maximum absolute atomic E-state index is 12.8. The van der Waals surface area contributed by atoms with Crippen molar-refractivity contribution >= 4 is 34.1 Å². The highest BCUT2D eigenvalue weighted by molar-refractivity contribution is 6.30. The van der Waals surface area contributed by atoms with E-state index in [9.17, 15) is 14.9 Å². The molecular formula is C29H30ClN3O2. The Morgan fingerprint density at radius 3 is 2.43 bits per heavy atom. The van der Waals surface area contributed by atoms with Gasteiger partial charge in [0.05, 0.1) is 11.1 Å². The normalized spacial score (nSPS) is 21.8. The average molecular weight is 488 g/mol. The van der Waals surface area contributed by atoms with Crippen LogP contribution in [0, 0.1) is 17.2 Å². The third kappa shape index (κ3) is 4.78. The second kappa shape index (κ2) is 9.97. The molecule has 1 aromatic heterocycles. The lowest BCUT2D eigenvalue weighted by molar-refractivity contribution is 0.0807. The van der Waals surface area contributed by atoms with E-state index >= 15 is 0 Å². The van der Waals surface area contributed by atoms with Crippen molar-refractivity contribution in [1.82, 2.24) is 9.47 Å². The number of carbonyl (C=O) groups excluding carboxylic acids is 2. The molecule has 2 fully saturated rings. The number of halogens is 1. The zero-order valence-electron chi connectivity index (χ0n) is 20.0. The number of para-hydroxylation sites is 1. The molecule has 0 aliphatic carbocycles. The highest BCUT2D eigenvalue weighted by Gasteiger charge is 2.40. The zero-order chi connectivity index (χ0) is 24.5. The van der Waals surface area contributed by atoms with Crippen LogP contribution in [-0.2, 0) is 6.54 Å². The van der Waals surface area contributed by atoms with Gasteiger partial charge in [0.15, 0.2) is 11.6 Å². The number of nitrogens with zero attached hydrogens (tertiary/aromatic N) is 3. The number of ketones is 2. The number of Topliss-reactive ketones (excluding diaryl/α,β-unsaturated/α-hetero) is 2. The van der Waals surface area contributed by atoms with Crippen LogP contribution < -0.4 is 0 Å². The van der Waals surface area contributed by atoms with Crippen LogP contribution in [0.3, 0.4) is 0 Å². The molecule has 0 saturated carbocycles. The SMILES string of the molecule is CC(=O)c1cn(CCCN2C3CCC2CC(CC(=O)c2ccc(Cl)cc2)C3)c2c(C#N)cccc12. The Morgan fingerprint density at radius 2 is 1.77 bits per heavy atom. The number of aromatic nitrogens is 1. The number of carbonyl (C=O) groups is 2. The predicted octanol–water partition coefficient (Wildman–Crippen LogP) is 6.28. The van der Waals surface area contributed by atoms with E-state index in [4.69, 9.17) is 11.6 Å². The molecular weight excluding hydrogens is 458 g/mol. The smallest absolute Gasteiger partial charge is 0.163 e. The van der Waals surface area contributed by atoms with E-state index in [0.29, 0.717) is 40.6 Å². The standard InChI is InChI=1S/C29H30ClN3O2/c1-19(34)27-18-32(29-22(17-31)4-2-5-26(27)29)12-3-13-33-24-10-11-25(33)15-20(14-24)16-28(35)21-6-8-23(30)9-7-21/h2,4-9,18,20,24-25H,3,10-16H2,1H3. The molecule has 2 saturated heterocycles. The zero-order valence-corrected chi connectivity index (χ0v) is 20.8. The van der Waals surface area contributed by atoms with Gasteiger partial charge in [-0.2, -0.15) is 5.26 Å². The number of fused-ring (bicyclic) bond motifs is 3. The summed E-state index contributed by atoms with van der Waals surface area (Å²) in [5, 5.41) is 11.1. The van der Waals surface area contributed by atoms with Gasteiger partial charge in [0, 0.05) is 59.3 Å². The van der Waals surface area contributed by atoms with Crippen LogP contribution in [0.1, 0.15) is 71.7 Å². The quantitative estimate of drug-likeness (QED) is 0.351. The molecule has 2 aliphatic rings. The third-order valence-corrected chi connectivity index (χ3v) is 8.09. The van der Waals surface area contributed by atoms with Gasteiger partial charge in [0.2, 0.25) is 0 Å². The summed E-state index contributed by atoms with van der Waals surface area (Å²) in [4.78, 5) is 27.6. The summed E-state index contributed by atoms with van der Waals surface area (Å²) in [5.41, 5.74) is 2.91. The molecule has 2 unspecified atom stereocenters. The molecule has 2 bridgehead atoms. The first-order valence-corrected chi connectivity index (χ1v) is 12.9. The van der Waals surface area contributed by atoms with Gasteiger partial charge in [-0.15, -0.1) is 0 Å². The number of hydrogen-bond acceptors (Lipinski definition) is 4. The molecule has 5 rings (SSSR count). The first-order chi connectivity index (χ1) is 16.9. The largest absolute Gasteiger partial charge is 0.346 e. The lowest BCUT2D eigenvalue weighted by atomic mass is 9.85. The van der Waals surface area contributed by atoms with Crippen molar-refractivity contribution in [2.75, 3.05) is 6.54 Å². The molecule has 0 radical (unpaired) electrons. The topological polar surface area (TPSA) is 66.1 Å². The lowest BCUT2D eigenvalue weighted by Crippen LogP contribution is -2.43. The van der Waals surface area contributed by atoms with Gasteiger partial charge < -0.3 is 4.57 Å². The lowest BCUT2D eigenvalue weighted by Gasteiger charge is -2.39. The van der Waals surface area contributed by atoms with E-state index in [1.54, 1.807) is 19.1 Å². The highest BCUT2D eigenvalue weighted by Crippen LogP contribution is 2.40. The molecule has 0 spiro atoms. The van der Waals surface area contributed by atoms with Crippen LogP contribution >= 0.6 is 11.6 Å². The Kier molecular flexibility index (Phi) is 6.77. The molecule has 180 valence electrons. The van der Waals surface area contributed by atoms with Crippen molar-refractivity contribution in [2.24, 2.45) is 5.92 Å². The first kappa shape index (κ1) is 23.8. The van der Waals surface area contributed by atoms with Gasteiger partial charge >= 0.3 is 0 Å². The average Bonchev–Trinajstić information content (AvgIpc) is 3.33. The molecule has 0 N–H and O–H groups in total. The van der Waals surface area contributed by atoms with Crippen molar-refractivity contribution in [3.8, 4) is 6.07 Å². The minimum Gasteiger partial charge on any atom is -0.346 e. The second-order valence-corrected chi connectivity index (χ2v) is 10.5. The van der Waals surface area contributed by atoms with Crippen molar-refractivity contribution in [2.45, 2.75) is 64.1 Å². The molecule has 35 heavy (non-hydrogen) atoms. The van der Waals surface area contributed by atoms with E-state index in [-0.39, 0.29) is 11.6 Å². The predicted molar refractivity (Wildman–Crippen MR) is 138 cm³/mol. The Hall–Kier alpha value is -2.94. The minimum absolute atomic E-state index is 0.0251. The van der Waals surface area contributed by atoms with E-state index in [1.807, 2.05) is 36.5 Å². The Morgan fingerprint density at radius 1 is 1.06 bits per heavy atom. The van der Waals surface area contributed by atoms with Gasteiger partial charge in [0.1, 0.15) is 6.07 Å². The summed E-state index contributed by atoms with van der Waals surface area (Å²) < 4.78 is 2.09. The fourth-order valence-electron chi connectivity index (χ4n) is 6.27. The molecule has 2 aromatic carbocycles.